The van der Waals surface area contributed by atoms with Gasteiger partial charge in [0.25, 0.3) is 0 Å². The Morgan fingerprint density at radius 1 is 0.967 bits per heavy atom. The number of rotatable bonds is 1. The molecule has 5 rings (SSSR count). The summed E-state index contributed by atoms with van der Waals surface area (Å²) >= 11 is 5.86. The van der Waals surface area contributed by atoms with Gasteiger partial charge in [-0.3, -0.25) is 14.4 Å². The van der Waals surface area contributed by atoms with Crippen molar-refractivity contribution >= 4 is 29.0 Å². The maximum atomic E-state index is 13.5. The van der Waals surface area contributed by atoms with E-state index in [2.05, 4.69) is 15.3 Å². The number of carbonyl (C=O) groups is 3. The molecule has 7 heteroatoms. The summed E-state index contributed by atoms with van der Waals surface area (Å²) in [4.78, 5) is 48.1. The minimum atomic E-state index is -0.707. The fraction of sp³-hybridized carbons (Fsp3) is 0.261. The lowest BCUT2D eigenvalue weighted by molar-refractivity contribution is -0.118. The predicted octanol–water partition coefficient (Wildman–Crippen LogP) is 3.79. The SMILES string of the molecule is CC1(C)CC(=O)C2=C(C1)NC1=C(C(=O)c3ccccc3C1=O)C2c1cnc(Cl)nc1. The van der Waals surface area contributed by atoms with Crippen LogP contribution in [0.3, 0.4) is 0 Å². The number of allylic oxidation sites excluding steroid dienone is 4. The summed E-state index contributed by atoms with van der Waals surface area (Å²) in [7, 11) is 0. The highest BCUT2D eigenvalue weighted by molar-refractivity contribution is 6.29. The van der Waals surface area contributed by atoms with Gasteiger partial charge in [-0.1, -0.05) is 38.1 Å². The highest BCUT2D eigenvalue weighted by Crippen LogP contribution is 2.48. The highest BCUT2D eigenvalue weighted by Gasteiger charge is 2.47. The average Bonchev–Trinajstić information content (AvgIpc) is 2.70. The second kappa shape index (κ2) is 6.44. The third-order valence-electron chi connectivity index (χ3n) is 5.90. The second-order valence-electron chi connectivity index (χ2n) is 8.67. The average molecular weight is 420 g/mol. The summed E-state index contributed by atoms with van der Waals surface area (Å²) in [6.07, 6.45) is 4.00. The molecule has 1 aliphatic heterocycles. The molecular weight excluding hydrogens is 402 g/mol. The topological polar surface area (TPSA) is 89.0 Å². The van der Waals surface area contributed by atoms with Crippen LogP contribution in [-0.2, 0) is 4.79 Å². The van der Waals surface area contributed by atoms with Crippen LogP contribution in [0.1, 0.15) is 58.9 Å². The van der Waals surface area contributed by atoms with E-state index in [0.29, 0.717) is 40.8 Å². The second-order valence-corrected chi connectivity index (χ2v) is 9.01. The molecular formula is C23H18ClN3O3. The summed E-state index contributed by atoms with van der Waals surface area (Å²) < 4.78 is 0. The Bertz CT molecular complexity index is 1210. The predicted molar refractivity (Wildman–Crippen MR) is 110 cm³/mol. The van der Waals surface area contributed by atoms with E-state index < -0.39 is 5.92 Å². The van der Waals surface area contributed by atoms with Gasteiger partial charge in [0, 0.05) is 58.3 Å². The Labute approximate surface area is 178 Å². The number of benzene rings is 1. The minimum Gasteiger partial charge on any atom is -0.355 e. The van der Waals surface area contributed by atoms with Gasteiger partial charge in [-0.05, 0) is 23.4 Å². The smallest absolute Gasteiger partial charge is 0.222 e. The quantitative estimate of drug-likeness (QED) is 0.707. The van der Waals surface area contributed by atoms with Crippen LogP contribution in [0.2, 0.25) is 5.28 Å². The first-order valence-electron chi connectivity index (χ1n) is 9.70. The molecule has 0 fully saturated rings. The Kier molecular flexibility index (Phi) is 4.05. The van der Waals surface area contributed by atoms with E-state index in [1.807, 2.05) is 13.8 Å². The number of hydrogen-bond acceptors (Lipinski definition) is 6. The lowest BCUT2D eigenvalue weighted by Crippen LogP contribution is -2.42. The van der Waals surface area contributed by atoms with Crippen LogP contribution in [0, 0.1) is 5.41 Å². The summed E-state index contributed by atoms with van der Waals surface area (Å²) in [6, 6.07) is 6.76. The van der Waals surface area contributed by atoms with E-state index in [0.717, 1.165) is 0 Å². The zero-order chi connectivity index (χ0) is 21.2. The van der Waals surface area contributed by atoms with Gasteiger partial charge in [-0.15, -0.1) is 0 Å². The summed E-state index contributed by atoms with van der Waals surface area (Å²) in [5, 5.41) is 3.25. The third kappa shape index (κ3) is 2.75. The van der Waals surface area contributed by atoms with Crippen LogP contribution >= 0.6 is 11.6 Å². The van der Waals surface area contributed by atoms with Crippen LogP contribution in [0.15, 0.2) is 59.2 Å². The highest BCUT2D eigenvalue weighted by atomic mass is 35.5. The van der Waals surface area contributed by atoms with Crippen LogP contribution in [0.25, 0.3) is 0 Å². The van der Waals surface area contributed by atoms with Gasteiger partial charge in [0.05, 0.1) is 5.70 Å². The van der Waals surface area contributed by atoms with E-state index in [1.54, 1.807) is 24.3 Å². The fourth-order valence-corrected chi connectivity index (χ4v) is 4.77. The molecule has 2 aromatic rings. The number of hydrogen-bond donors (Lipinski definition) is 1. The first kappa shape index (κ1) is 18.9. The van der Waals surface area contributed by atoms with Crippen LogP contribution in [0.4, 0.5) is 0 Å². The Hall–Kier alpha value is -3.12. The first-order chi connectivity index (χ1) is 14.3. The molecule has 2 aliphatic carbocycles. The first-order valence-corrected chi connectivity index (χ1v) is 10.1. The number of halogens is 1. The van der Waals surface area contributed by atoms with Crippen molar-refractivity contribution in [3.8, 4) is 0 Å². The van der Waals surface area contributed by atoms with Crippen LogP contribution in [-0.4, -0.2) is 27.3 Å². The fourth-order valence-electron chi connectivity index (χ4n) is 4.68. The van der Waals surface area contributed by atoms with E-state index in [4.69, 9.17) is 11.6 Å². The van der Waals surface area contributed by atoms with Crippen molar-refractivity contribution in [3.05, 3.63) is 81.2 Å². The molecule has 6 nitrogen and oxygen atoms in total. The molecule has 1 N–H and O–H groups in total. The number of aromatic nitrogens is 2. The summed E-state index contributed by atoms with van der Waals surface area (Å²) in [6.45, 7) is 4.04. The number of nitrogens with zero attached hydrogens (tertiary/aromatic N) is 2. The largest absolute Gasteiger partial charge is 0.355 e. The number of Topliss-reactive ketones (excluding diaryl/α,β-unsaturated/α-hetero) is 3. The molecule has 1 atom stereocenters. The molecule has 0 saturated heterocycles. The number of dihydropyridines is 1. The van der Waals surface area contributed by atoms with Crippen LogP contribution < -0.4 is 5.32 Å². The lowest BCUT2D eigenvalue weighted by atomic mass is 9.66. The van der Waals surface area contributed by atoms with Crippen molar-refractivity contribution < 1.29 is 14.4 Å². The van der Waals surface area contributed by atoms with Gasteiger partial charge in [-0.2, -0.15) is 0 Å². The van der Waals surface area contributed by atoms with E-state index in [-0.39, 0.29) is 39.3 Å². The third-order valence-corrected chi connectivity index (χ3v) is 6.10. The molecule has 1 aromatic carbocycles. The molecule has 2 heterocycles. The Morgan fingerprint density at radius 2 is 1.60 bits per heavy atom. The number of carbonyl (C=O) groups excluding carboxylic acids is 3. The van der Waals surface area contributed by atoms with Crippen LogP contribution in [0.5, 0.6) is 0 Å². The monoisotopic (exact) mass is 419 g/mol. The van der Waals surface area contributed by atoms with E-state index >= 15 is 0 Å². The van der Waals surface area contributed by atoms with Crippen molar-refractivity contribution in [1.29, 1.82) is 0 Å². The zero-order valence-corrected chi connectivity index (χ0v) is 17.2. The molecule has 0 radical (unpaired) electrons. The molecule has 0 bridgehead atoms. The van der Waals surface area contributed by atoms with Crippen molar-refractivity contribution in [3.63, 3.8) is 0 Å². The molecule has 0 spiro atoms. The summed E-state index contributed by atoms with van der Waals surface area (Å²) in [5.74, 6) is -1.26. The minimum absolute atomic E-state index is 0.0423. The molecule has 0 amide bonds. The molecule has 1 unspecified atom stereocenters. The molecule has 150 valence electrons. The molecule has 30 heavy (non-hydrogen) atoms. The standard InChI is InChI=1S/C23H18ClN3O3/c1-23(2)7-14-17(15(28)8-23)16(11-9-25-22(24)26-10-11)18-19(27-14)21(30)13-6-4-3-5-12(13)20(18)29/h3-6,9-10,16,27H,7-8H2,1-2H3. The van der Waals surface area contributed by atoms with Crippen molar-refractivity contribution in [1.82, 2.24) is 15.3 Å². The number of fused-ring (bicyclic) bond motifs is 1. The Morgan fingerprint density at radius 3 is 2.27 bits per heavy atom. The van der Waals surface area contributed by atoms with E-state index in [9.17, 15) is 14.4 Å². The molecule has 3 aliphatic rings. The van der Waals surface area contributed by atoms with Gasteiger partial charge in [-0.25, -0.2) is 9.97 Å². The van der Waals surface area contributed by atoms with Gasteiger partial charge in [0.2, 0.25) is 11.1 Å². The normalized spacial score (nSPS) is 22.4. The number of ketones is 3. The van der Waals surface area contributed by atoms with Crippen molar-refractivity contribution in [2.75, 3.05) is 0 Å². The molecule has 0 saturated carbocycles. The molecule has 1 aromatic heterocycles. The van der Waals surface area contributed by atoms with Gasteiger partial charge in [0.15, 0.2) is 11.6 Å². The van der Waals surface area contributed by atoms with Gasteiger partial charge in [0.1, 0.15) is 0 Å². The lowest BCUT2D eigenvalue weighted by Gasteiger charge is -2.40. The summed E-state index contributed by atoms with van der Waals surface area (Å²) in [5.41, 5.74) is 2.74. The van der Waals surface area contributed by atoms with Crippen molar-refractivity contribution in [2.45, 2.75) is 32.6 Å². The van der Waals surface area contributed by atoms with Gasteiger partial charge < -0.3 is 5.32 Å². The Balaban J connectivity index is 1.76. The van der Waals surface area contributed by atoms with Gasteiger partial charge >= 0.3 is 0 Å². The maximum absolute atomic E-state index is 13.5. The zero-order valence-electron chi connectivity index (χ0n) is 16.5. The number of nitrogens with one attached hydrogen (secondary N) is 1. The maximum Gasteiger partial charge on any atom is 0.222 e. The van der Waals surface area contributed by atoms with E-state index in [1.165, 1.54) is 12.4 Å². The van der Waals surface area contributed by atoms with Crippen molar-refractivity contribution in [2.24, 2.45) is 5.41 Å².